The lowest BCUT2D eigenvalue weighted by atomic mass is 9.33. The van der Waals surface area contributed by atoms with E-state index >= 15 is 0 Å². The predicted octanol–water partition coefficient (Wildman–Crippen LogP) is 16.0. The second kappa shape index (κ2) is 15.7. The molecule has 75 heavy (non-hydrogen) atoms. The Hall–Kier alpha value is -7.56. The number of benzene rings is 9. The zero-order chi connectivity index (χ0) is 50.6. The summed E-state index contributed by atoms with van der Waals surface area (Å²) in [7, 11) is 0. The molecule has 4 atom stereocenters. The molecule has 0 saturated heterocycles. The monoisotopic (exact) mass is 970 g/mol. The normalized spacial score (nSPS) is 23.4. The van der Waals surface area contributed by atoms with Crippen molar-refractivity contribution in [2.24, 2.45) is 0 Å². The zero-order valence-corrected chi connectivity index (χ0v) is 44.3. The van der Waals surface area contributed by atoms with Gasteiger partial charge in [0.15, 0.2) is 0 Å². The molecule has 3 nitrogen and oxygen atoms in total. The van der Waals surface area contributed by atoms with Crippen LogP contribution >= 0.6 is 0 Å². The predicted molar refractivity (Wildman–Crippen MR) is 316 cm³/mol. The van der Waals surface area contributed by atoms with Crippen LogP contribution < -0.4 is 31.1 Å². The van der Waals surface area contributed by atoms with Crippen LogP contribution in [0.25, 0.3) is 22.3 Å². The molecule has 2 aliphatic carbocycles. The van der Waals surface area contributed by atoms with Gasteiger partial charge in [0.25, 0.3) is 6.71 Å². The van der Waals surface area contributed by atoms with Crippen LogP contribution in [0.5, 0.6) is 0 Å². The van der Waals surface area contributed by atoms with Crippen LogP contribution in [0.1, 0.15) is 107 Å². The van der Waals surface area contributed by atoms with E-state index in [-0.39, 0.29) is 34.0 Å². The molecule has 0 N–H and O–H groups in total. The Bertz CT molecular complexity index is 3790. The van der Waals surface area contributed by atoms with Crippen molar-refractivity contribution in [3.8, 4) is 22.3 Å². The lowest BCUT2D eigenvalue weighted by Crippen LogP contribution is -2.65. The first kappa shape index (κ1) is 44.9. The molecule has 6 aliphatic rings. The average molecular weight is 970 g/mol. The molecule has 366 valence electrons. The minimum atomic E-state index is -0.363. The van der Waals surface area contributed by atoms with Crippen LogP contribution in [0.4, 0.5) is 39.8 Å². The number of aryl methyl sites for hydroxylation is 1. The first-order chi connectivity index (χ1) is 36.4. The third-order valence-corrected chi connectivity index (χ3v) is 19.9. The van der Waals surface area contributed by atoms with Crippen LogP contribution in [0, 0.1) is 0 Å². The van der Waals surface area contributed by atoms with Crippen LogP contribution in [-0.2, 0) is 28.2 Å². The smallest absolute Gasteiger partial charge is 0.252 e. The maximum absolute atomic E-state index is 2.95. The Morgan fingerprint density at radius 1 is 0.453 bits per heavy atom. The maximum Gasteiger partial charge on any atom is 0.252 e. The molecule has 4 heterocycles. The van der Waals surface area contributed by atoms with Gasteiger partial charge < -0.3 is 14.7 Å². The number of hydrogen-bond donors (Lipinski definition) is 0. The van der Waals surface area contributed by atoms with Crippen molar-refractivity contribution in [3.63, 3.8) is 0 Å². The zero-order valence-electron chi connectivity index (χ0n) is 44.3. The highest BCUT2D eigenvalue weighted by Crippen LogP contribution is 2.67. The fourth-order valence-electron chi connectivity index (χ4n) is 16.1. The highest BCUT2D eigenvalue weighted by molar-refractivity contribution is 7.00. The summed E-state index contributed by atoms with van der Waals surface area (Å²) in [6.07, 6.45) is 6.75. The standard InChI is InChI=1S/C71H64BN3/c1-67(2,3)53-43-58-66-60(44-53)72-59-42-51(48-24-12-8-13-25-48)34-37-62(59)73(54-35-32-49(33-36-54)47-22-10-7-11-23-47)63-45-55(46-64(65(63)72)75(66)69(5)39-20-21-40-71(58,69)52-27-14-9-15-28-52)74-61-31-19-18-30-57(61)68(4)41-38-50-26-16-17-29-56(50)70(68,74)6/h7-19,22-37,42-46H,20-21,38-41H2,1-6H3. The summed E-state index contributed by atoms with van der Waals surface area (Å²) in [5, 5.41) is 0. The third-order valence-electron chi connectivity index (χ3n) is 19.9. The Kier molecular flexibility index (Phi) is 9.42. The van der Waals surface area contributed by atoms with Gasteiger partial charge in [0, 0.05) is 50.6 Å². The Morgan fingerprint density at radius 2 is 1.07 bits per heavy atom. The van der Waals surface area contributed by atoms with Crippen molar-refractivity contribution < 1.29 is 0 Å². The molecule has 4 unspecified atom stereocenters. The molecule has 4 aliphatic heterocycles. The second-order valence-corrected chi connectivity index (χ2v) is 24.4. The van der Waals surface area contributed by atoms with Gasteiger partial charge in [0.05, 0.1) is 11.1 Å². The minimum absolute atomic E-state index is 0.0199. The molecule has 0 amide bonds. The topological polar surface area (TPSA) is 9.72 Å². The van der Waals surface area contributed by atoms with E-state index in [9.17, 15) is 0 Å². The molecule has 9 aromatic carbocycles. The van der Waals surface area contributed by atoms with Gasteiger partial charge in [-0.3, -0.25) is 0 Å². The summed E-state index contributed by atoms with van der Waals surface area (Å²) in [6, 6.07) is 79.8. The van der Waals surface area contributed by atoms with Crippen molar-refractivity contribution >= 4 is 62.9 Å². The van der Waals surface area contributed by atoms with Gasteiger partial charge in [0.2, 0.25) is 0 Å². The van der Waals surface area contributed by atoms with E-state index in [0.717, 1.165) is 25.7 Å². The SMILES string of the molecule is CC(C)(C)c1cc2c3c(c1)C1(c4ccccc4)CCCCC1(C)N3c1cc(N3c4ccccc4C4(C)CCc5ccccc5C34C)cc3c1B2c1cc(-c2ccccc2)ccc1N3c1ccc(-c2ccccc2)cc1. The molecular formula is C71H64BN3. The molecule has 1 fully saturated rings. The Balaban J connectivity index is 1.09. The summed E-state index contributed by atoms with van der Waals surface area (Å²) in [5.74, 6) is 0. The first-order valence-electron chi connectivity index (χ1n) is 27.8. The van der Waals surface area contributed by atoms with E-state index < -0.39 is 0 Å². The fourth-order valence-corrected chi connectivity index (χ4v) is 16.1. The van der Waals surface area contributed by atoms with Crippen molar-refractivity contribution in [1.82, 2.24) is 0 Å². The summed E-state index contributed by atoms with van der Waals surface area (Å²) in [5.41, 5.74) is 25.9. The lowest BCUT2D eigenvalue weighted by Gasteiger charge is -2.55. The van der Waals surface area contributed by atoms with Crippen LogP contribution in [0.15, 0.2) is 206 Å². The Labute approximate surface area is 444 Å². The van der Waals surface area contributed by atoms with Gasteiger partial charge >= 0.3 is 0 Å². The number of fused-ring (bicyclic) bond motifs is 12. The number of para-hydroxylation sites is 1. The number of rotatable bonds is 5. The minimum Gasteiger partial charge on any atom is -0.335 e. The molecule has 9 aromatic rings. The van der Waals surface area contributed by atoms with Gasteiger partial charge in [-0.05, 0) is 153 Å². The number of nitrogens with zero attached hydrogens (tertiary/aromatic N) is 3. The van der Waals surface area contributed by atoms with Crippen molar-refractivity contribution in [2.75, 3.05) is 14.7 Å². The summed E-state index contributed by atoms with van der Waals surface area (Å²) in [6.45, 7) is 15.0. The van der Waals surface area contributed by atoms with E-state index in [1.54, 1.807) is 0 Å². The van der Waals surface area contributed by atoms with E-state index in [1.165, 1.54) is 125 Å². The molecule has 0 bridgehead atoms. The highest BCUT2D eigenvalue weighted by Gasteiger charge is 2.65. The van der Waals surface area contributed by atoms with E-state index in [4.69, 9.17) is 0 Å². The molecule has 0 spiro atoms. The van der Waals surface area contributed by atoms with Gasteiger partial charge in [-0.15, -0.1) is 0 Å². The molecule has 0 radical (unpaired) electrons. The summed E-state index contributed by atoms with van der Waals surface area (Å²) >= 11 is 0. The Morgan fingerprint density at radius 3 is 1.80 bits per heavy atom. The highest BCUT2D eigenvalue weighted by atomic mass is 15.3. The number of anilines is 7. The third kappa shape index (κ3) is 5.89. The van der Waals surface area contributed by atoms with Gasteiger partial charge in [-0.2, -0.15) is 0 Å². The largest absolute Gasteiger partial charge is 0.335 e. The average Bonchev–Trinajstić information content (AvgIpc) is 3.87. The first-order valence-corrected chi connectivity index (χ1v) is 27.8. The van der Waals surface area contributed by atoms with Gasteiger partial charge in [-0.1, -0.05) is 210 Å². The molecule has 1 saturated carbocycles. The fraction of sp³-hybridized carbons (Fsp3) is 0.239. The van der Waals surface area contributed by atoms with Crippen LogP contribution in [0.2, 0.25) is 0 Å². The number of hydrogen-bond acceptors (Lipinski definition) is 3. The van der Waals surface area contributed by atoms with Crippen LogP contribution in [0.3, 0.4) is 0 Å². The molecular weight excluding hydrogens is 906 g/mol. The van der Waals surface area contributed by atoms with E-state index in [1.807, 2.05) is 0 Å². The van der Waals surface area contributed by atoms with E-state index in [0.29, 0.717) is 0 Å². The quantitative estimate of drug-likeness (QED) is 0.159. The van der Waals surface area contributed by atoms with Crippen molar-refractivity contribution in [1.29, 1.82) is 0 Å². The summed E-state index contributed by atoms with van der Waals surface area (Å²) in [4.78, 5) is 8.41. The van der Waals surface area contributed by atoms with Crippen molar-refractivity contribution in [3.05, 3.63) is 240 Å². The van der Waals surface area contributed by atoms with Crippen LogP contribution in [-0.4, -0.2) is 12.3 Å². The van der Waals surface area contributed by atoms with Gasteiger partial charge in [-0.25, -0.2) is 0 Å². The maximum atomic E-state index is 2.95. The van der Waals surface area contributed by atoms with Crippen molar-refractivity contribution in [2.45, 2.75) is 107 Å². The van der Waals surface area contributed by atoms with Gasteiger partial charge in [0.1, 0.15) is 0 Å². The van der Waals surface area contributed by atoms with E-state index in [2.05, 4.69) is 262 Å². The second-order valence-electron chi connectivity index (χ2n) is 24.4. The summed E-state index contributed by atoms with van der Waals surface area (Å²) < 4.78 is 0. The molecule has 15 rings (SSSR count). The molecule has 4 heteroatoms. The molecule has 0 aromatic heterocycles. The lowest BCUT2D eigenvalue weighted by molar-refractivity contribution is 0.215.